The molecule has 0 spiro atoms. The zero-order valence-corrected chi connectivity index (χ0v) is 18.9. The van der Waals surface area contributed by atoms with Crippen molar-refractivity contribution in [3.8, 4) is 5.75 Å². The van der Waals surface area contributed by atoms with Crippen LogP contribution < -0.4 is 5.32 Å². The summed E-state index contributed by atoms with van der Waals surface area (Å²) >= 11 is 0. The van der Waals surface area contributed by atoms with Crippen molar-refractivity contribution in [2.75, 3.05) is 12.8 Å². The molecule has 1 aromatic carbocycles. The quantitative estimate of drug-likeness (QED) is 0.720. The fraction of sp³-hybridized carbons (Fsp3) is 0.696. The predicted octanol–water partition coefficient (Wildman–Crippen LogP) is 4.04. The average Bonchev–Trinajstić information content (AvgIpc) is 2.62. The maximum atomic E-state index is 13.4. The van der Waals surface area contributed by atoms with Crippen molar-refractivity contribution >= 4 is 15.7 Å². The molecule has 1 aromatic rings. The number of hydrogen-bond donors (Lipinski definition) is 2. The summed E-state index contributed by atoms with van der Waals surface area (Å²) in [6.07, 6.45) is 5.22. The highest BCUT2D eigenvalue weighted by molar-refractivity contribution is 7.91. The Morgan fingerprint density at radius 3 is 2.45 bits per heavy atom. The summed E-state index contributed by atoms with van der Waals surface area (Å²) in [7, 11) is -2.11. The molecule has 6 heteroatoms. The van der Waals surface area contributed by atoms with E-state index in [9.17, 15) is 18.3 Å². The normalized spacial score (nSPS) is 37.0. The molecule has 0 radical (unpaired) electrons. The van der Waals surface area contributed by atoms with E-state index in [1.54, 1.807) is 0 Å². The Morgan fingerprint density at radius 2 is 1.79 bits per heavy atom. The minimum atomic E-state index is -3.60. The molecule has 0 saturated heterocycles. The van der Waals surface area contributed by atoms with Crippen molar-refractivity contribution in [1.82, 2.24) is 5.32 Å². The Kier molecular flexibility index (Phi) is 4.44. The standard InChI is InChI=1S/C23H33NO4S/c1-21(2)8-6-9-22(3)17(21)7-10-23(4)18(22)13-29(27,28)16-12-14(20(26)24-5)11-15(25)19(16)23/h11-12,17-18,25H,6-10,13H2,1-5H3,(H,24,26). The Hall–Kier alpha value is -1.56. The fourth-order valence-corrected chi connectivity index (χ4v) is 9.65. The number of nitrogens with one attached hydrogen (secondary N) is 1. The molecule has 2 aliphatic carbocycles. The molecule has 5 nitrogen and oxygen atoms in total. The van der Waals surface area contributed by atoms with Gasteiger partial charge in [-0.15, -0.1) is 0 Å². The second-order valence-electron chi connectivity index (χ2n) is 10.6. The number of benzene rings is 1. The lowest BCUT2D eigenvalue weighted by Crippen LogP contribution is -2.59. The van der Waals surface area contributed by atoms with Crippen LogP contribution in [0, 0.1) is 22.7 Å². The van der Waals surface area contributed by atoms with Gasteiger partial charge in [0.25, 0.3) is 5.91 Å². The van der Waals surface area contributed by atoms with Gasteiger partial charge in [-0.1, -0.05) is 34.1 Å². The van der Waals surface area contributed by atoms with E-state index >= 15 is 0 Å². The van der Waals surface area contributed by atoms with Crippen LogP contribution in [0.4, 0.5) is 0 Å². The number of carbonyl (C=O) groups is 1. The van der Waals surface area contributed by atoms with Gasteiger partial charge in [-0.3, -0.25) is 4.79 Å². The summed E-state index contributed by atoms with van der Waals surface area (Å²) in [5.74, 6) is 0.0775. The second-order valence-corrected chi connectivity index (χ2v) is 12.6. The van der Waals surface area contributed by atoms with E-state index in [4.69, 9.17) is 0 Å². The van der Waals surface area contributed by atoms with Gasteiger partial charge in [-0.25, -0.2) is 8.42 Å². The third kappa shape index (κ3) is 2.77. The van der Waals surface area contributed by atoms with Crippen LogP contribution in [0.3, 0.4) is 0 Å². The van der Waals surface area contributed by atoms with Gasteiger partial charge in [0.1, 0.15) is 5.75 Å². The Bertz CT molecular complexity index is 983. The van der Waals surface area contributed by atoms with Crippen molar-refractivity contribution in [2.24, 2.45) is 22.7 Å². The monoisotopic (exact) mass is 419 g/mol. The topological polar surface area (TPSA) is 83.5 Å². The molecule has 4 rings (SSSR count). The molecule has 1 aliphatic heterocycles. The van der Waals surface area contributed by atoms with Crippen LogP contribution in [0.15, 0.2) is 17.0 Å². The molecule has 1 amide bonds. The molecule has 0 aromatic heterocycles. The number of phenolic OH excluding ortho intramolecular Hbond substituents is 1. The SMILES string of the molecule is CNC(=O)c1cc(O)c2c(c1)S(=O)(=O)CC1C2(C)CCC2C(C)(C)CCCC21C. The molecule has 1 heterocycles. The molecular formula is C23H33NO4S. The summed E-state index contributed by atoms with van der Waals surface area (Å²) in [6.45, 7) is 9.08. The minimum absolute atomic E-state index is 0.0393. The molecular weight excluding hydrogens is 386 g/mol. The number of sulfone groups is 1. The highest BCUT2D eigenvalue weighted by atomic mass is 32.2. The van der Waals surface area contributed by atoms with Gasteiger partial charge in [0.05, 0.1) is 10.6 Å². The number of phenols is 1. The summed E-state index contributed by atoms with van der Waals surface area (Å²) in [4.78, 5) is 12.3. The zero-order valence-electron chi connectivity index (χ0n) is 18.1. The number of amides is 1. The van der Waals surface area contributed by atoms with Gasteiger partial charge in [0, 0.05) is 23.6 Å². The van der Waals surface area contributed by atoms with Crippen molar-refractivity contribution in [3.63, 3.8) is 0 Å². The molecule has 3 aliphatic rings. The van der Waals surface area contributed by atoms with Gasteiger partial charge in [0.15, 0.2) is 9.84 Å². The van der Waals surface area contributed by atoms with Crippen LogP contribution >= 0.6 is 0 Å². The van der Waals surface area contributed by atoms with Crippen LogP contribution in [-0.2, 0) is 15.3 Å². The van der Waals surface area contributed by atoms with Crippen molar-refractivity contribution in [2.45, 2.75) is 70.1 Å². The van der Waals surface area contributed by atoms with Gasteiger partial charge < -0.3 is 10.4 Å². The smallest absolute Gasteiger partial charge is 0.251 e. The van der Waals surface area contributed by atoms with Crippen LogP contribution in [0.25, 0.3) is 0 Å². The lowest BCUT2D eigenvalue weighted by molar-refractivity contribution is -0.0984. The highest BCUT2D eigenvalue weighted by Crippen LogP contribution is 2.67. The Balaban J connectivity index is 1.93. The van der Waals surface area contributed by atoms with Crippen molar-refractivity contribution in [3.05, 3.63) is 23.3 Å². The van der Waals surface area contributed by atoms with E-state index in [0.717, 1.165) is 25.7 Å². The zero-order chi connectivity index (χ0) is 21.4. The van der Waals surface area contributed by atoms with Gasteiger partial charge >= 0.3 is 0 Å². The number of hydrogen-bond acceptors (Lipinski definition) is 4. The van der Waals surface area contributed by atoms with Crippen LogP contribution in [0.5, 0.6) is 5.75 Å². The van der Waals surface area contributed by atoms with Crippen molar-refractivity contribution < 1.29 is 18.3 Å². The van der Waals surface area contributed by atoms with Crippen LogP contribution in [0.2, 0.25) is 0 Å². The van der Waals surface area contributed by atoms with Gasteiger partial charge in [-0.2, -0.15) is 0 Å². The summed E-state index contributed by atoms with van der Waals surface area (Å²) in [5.41, 5.74) is 0.428. The third-order valence-corrected chi connectivity index (χ3v) is 10.4. The molecule has 160 valence electrons. The number of rotatable bonds is 1. The van der Waals surface area contributed by atoms with E-state index in [-0.39, 0.29) is 38.7 Å². The molecule has 4 atom stereocenters. The van der Waals surface area contributed by atoms with E-state index in [2.05, 4.69) is 33.0 Å². The fourth-order valence-electron chi connectivity index (χ4n) is 7.33. The molecule has 2 fully saturated rings. The van der Waals surface area contributed by atoms with Gasteiger partial charge in [-0.05, 0) is 60.5 Å². The third-order valence-electron chi connectivity index (χ3n) is 8.66. The first kappa shape index (κ1) is 20.7. The largest absolute Gasteiger partial charge is 0.508 e. The Morgan fingerprint density at radius 1 is 1.10 bits per heavy atom. The first-order chi connectivity index (χ1) is 13.4. The van der Waals surface area contributed by atoms with E-state index in [0.29, 0.717) is 11.5 Å². The lowest BCUT2D eigenvalue weighted by atomic mass is 9.43. The summed E-state index contributed by atoms with van der Waals surface area (Å²) in [5, 5.41) is 13.5. The Labute approximate surface area is 174 Å². The summed E-state index contributed by atoms with van der Waals surface area (Å²) in [6, 6.07) is 2.89. The molecule has 2 N–H and O–H groups in total. The van der Waals surface area contributed by atoms with Gasteiger partial charge in [0.2, 0.25) is 0 Å². The molecule has 0 bridgehead atoms. The first-order valence-electron chi connectivity index (χ1n) is 10.7. The highest BCUT2D eigenvalue weighted by Gasteiger charge is 2.62. The van der Waals surface area contributed by atoms with E-state index in [1.165, 1.54) is 25.6 Å². The lowest BCUT2D eigenvalue weighted by Gasteiger charge is -2.63. The second kappa shape index (κ2) is 6.22. The number of carbonyl (C=O) groups excluding carboxylic acids is 1. The maximum Gasteiger partial charge on any atom is 0.251 e. The van der Waals surface area contributed by atoms with E-state index in [1.807, 2.05) is 0 Å². The summed E-state index contributed by atoms with van der Waals surface area (Å²) < 4.78 is 26.8. The molecule has 29 heavy (non-hydrogen) atoms. The minimum Gasteiger partial charge on any atom is -0.508 e. The molecule has 2 saturated carbocycles. The average molecular weight is 420 g/mol. The van der Waals surface area contributed by atoms with Crippen molar-refractivity contribution in [1.29, 1.82) is 0 Å². The number of fused-ring (bicyclic) bond motifs is 5. The molecule has 4 unspecified atom stereocenters. The first-order valence-corrected chi connectivity index (χ1v) is 12.3. The predicted molar refractivity (Wildman–Crippen MR) is 113 cm³/mol. The van der Waals surface area contributed by atoms with Crippen LogP contribution in [0.1, 0.15) is 75.7 Å². The maximum absolute atomic E-state index is 13.4. The van der Waals surface area contributed by atoms with E-state index < -0.39 is 21.2 Å². The number of aromatic hydroxyl groups is 1. The van der Waals surface area contributed by atoms with Crippen LogP contribution in [-0.4, -0.2) is 32.2 Å².